The second kappa shape index (κ2) is 8.43. The van der Waals surface area contributed by atoms with Gasteiger partial charge in [0, 0.05) is 36.1 Å². The molecule has 1 aliphatic rings. The van der Waals surface area contributed by atoms with E-state index in [0.29, 0.717) is 18.8 Å². The van der Waals surface area contributed by atoms with Crippen LogP contribution in [0.25, 0.3) is 0 Å². The molecular formula is C20H28N4O3S. The Morgan fingerprint density at radius 3 is 2.61 bits per heavy atom. The molecule has 0 aliphatic carbocycles. The molecule has 0 saturated carbocycles. The topological polar surface area (TPSA) is 88.3 Å². The van der Waals surface area contributed by atoms with Gasteiger partial charge in [0.15, 0.2) is 0 Å². The molecule has 0 radical (unpaired) electrons. The van der Waals surface area contributed by atoms with Crippen LogP contribution in [0.15, 0.2) is 22.2 Å². The van der Waals surface area contributed by atoms with Crippen LogP contribution in [0.3, 0.4) is 0 Å². The number of hydrogen-bond donors (Lipinski definition) is 1. The fourth-order valence-electron chi connectivity index (χ4n) is 3.30. The van der Waals surface area contributed by atoms with E-state index >= 15 is 0 Å². The molecule has 3 heterocycles. The predicted molar refractivity (Wildman–Crippen MR) is 107 cm³/mol. The Hall–Kier alpha value is -2.22. The van der Waals surface area contributed by atoms with Gasteiger partial charge in [0.2, 0.25) is 11.7 Å². The van der Waals surface area contributed by atoms with Gasteiger partial charge in [0.1, 0.15) is 5.01 Å². The van der Waals surface area contributed by atoms with Crippen LogP contribution >= 0.6 is 11.3 Å². The Bertz CT molecular complexity index is 802. The van der Waals surface area contributed by atoms with Crippen LogP contribution < -0.4 is 5.32 Å². The molecule has 2 amide bonds. The summed E-state index contributed by atoms with van der Waals surface area (Å²) in [7, 11) is 0. The molecule has 0 unspecified atom stereocenters. The van der Waals surface area contributed by atoms with E-state index in [9.17, 15) is 9.59 Å². The van der Waals surface area contributed by atoms with Crippen molar-refractivity contribution in [1.82, 2.24) is 20.4 Å². The summed E-state index contributed by atoms with van der Waals surface area (Å²) >= 11 is 1.56. The summed E-state index contributed by atoms with van der Waals surface area (Å²) in [6, 6.07) is 1.59. The number of thiazole rings is 1. The van der Waals surface area contributed by atoms with E-state index < -0.39 is 5.41 Å². The number of aromatic nitrogens is 2. The molecular weight excluding hydrogens is 376 g/mol. The minimum atomic E-state index is -0.463. The Morgan fingerprint density at radius 2 is 2.07 bits per heavy atom. The third kappa shape index (κ3) is 4.60. The number of nitrogens with one attached hydrogen (secondary N) is 1. The Balaban J connectivity index is 1.66. The van der Waals surface area contributed by atoms with E-state index in [0.717, 1.165) is 30.0 Å². The molecule has 2 aromatic rings. The molecule has 8 heteroatoms. The van der Waals surface area contributed by atoms with Crippen molar-refractivity contribution >= 4 is 23.2 Å². The number of carbonyl (C=O) groups excluding carboxylic acids is 2. The normalized spacial score (nSPS) is 16.8. The zero-order valence-corrected chi connectivity index (χ0v) is 17.7. The molecule has 152 valence electrons. The maximum atomic E-state index is 12.7. The van der Waals surface area contributed by atoms with Crippen LogP contribution in [-0.4, -0.2) is 39.9 Å². The van der Waals surface area contributed by atoms with Gasteiger partial charge in [-0.2, -0.15) is 0 Å². The largest absolute Gasteiger partial charge is 0.351 e. The molecule has 0 aromatic carbocycles. The average Bonchev–Trinajstić information content (AvgIpc) is 3.36. The monoisotopic (exact) mass is 404 g/mol. The minimum Gasteiger partial charge on any atom is -0.351 e. The van der Waals surface area contributed by atoms with Gasteiger partial charge in [-0.05, 0) is 25.2 Å². The quantitative estimate of drug-likeness (QED) is 0.825. The highest BCUT2D eigenvalue weighted by molar-refractivity contribution is 7.09. The van der Waals surface area contributed by atoms with Crippen molar-refractivity contribution in [2.45, 2.75) is 53.0 Å². The summed E-state index contributed by atoms with van der Waals surface area (Å²) in [6.45, 7) is 8.94. The number of piperidine rings is 1. The Labute approximate surface area is 169 Å². The van der Waals surface area contributed by atoms with E-state index in [1.165, 1.54) is 0 Å². The number of hydrogen-bond acceptors (Lipinski definition) is 6. The smallest absolute Gasteiger partial charge is 0.292 e. The second-order valence-electron chi connectivity index (χ2n) is 8.24. The Morgan fingerprint density at radius 1 is 1.36 bits per heavy atom. The summed E-state index contributed by atoms with van der Waals surface area (Å²) in [4.78, 5) is 31.5. The molecule has 1 aliphatic heterocycles. The lowest BCUT2D eigenvalue weighted by atomic mass is 9.87. The van der Waals surface area contributed by atoms with Crippen molar-refractivity contribution in [2.24, 2.45) is 11.3 Å². The van der Waals surface area contributed by atoms with Crippen molar-refractivity contribution < 1.29 is 14.1 Å². The van der Waals surface area contributed by atoms with Crippen molar-refractivity contribution in [1.29, 1.82) is 0 Å². The highest BCUT2D eigenvalue weighted by Crippen LogP contribution is 2.33. The van der Waals surface area contributed by atoms with E-state index in [1.807, 2.05) is 33.1 Å². The summed E-state index contributed by atoms with van der Waals surface area (Å²) < 4.78 is 5.19. The molecule has 28 heavy (non-hydrogen) atoms. The summed E-state index contributed by atoms with van der Waals surface area (Å²) in [5, 5.41) is 9.95. The number of rotatable bonds is 5. The van der Waals surface area contributed by atoms with Gasteiger partial charge < -0.3 is 14.7 Å². The van der Waals surface area contributed by atoms with Crippen LogP contribution in [0.1, 0.15) is 67.8 Å². The maximum Gasteiger partial charge on any atom is 0.292 e. The van der Waals surface area contributed by atoms with Crippen LogP contribution in [0.4, 0.5) is 0 Å². The summed E-state index contributed by atoms with van der Waals surface area (Å²) in [5.74, 6) is 0.436. The third-order valence-electron chi connectivity index (χ3n) is 5.12. The van der Waals surface area contributed by atoms with E-state index in [4.69, 9.17) is 4.52 Å². The first-order valence-electron chi connectivity index (χ1n) is 9.74. The molecule has 0 spiro atoms. The average molecular weight is 405 g/mol. The standard InChI is InChI=1S/C20H28N4O3S/c1-5-14-12-15(27-23-14)18(25)24-9-6-13(7-10-24)16(17-21-8-11-28-17)22-19(26)20(2,3)4/h8,11-13,16H,5-7,9-10H2,1-4H3,(H,22,26)/t16-/m1/s1. The molecule has 2 aromatic heterocycles. The third-order valence-corrected chi connectivity index (χ3v) is 5.97. The highest BCUT2D eigenvalue weighted by atomic mass is 32.1. The van der Waals surface area contributed by atoms with Gasteiger partial charge in [-0.15, -0.1) is 11.3 Å². The molecule has 3 rings (SSSR count). The number of amides is 2. The molecule has 7 nitrogen and oxygen atoms in total. The van der Waals surface area contributed by atoms with Gasteiger partial charge in [0.05, 0.1) is 11.7 Å². The summed E-state index contributed by atoms with van der Waals surface area (Å²) in [6.07, 6.45) is 4.11. The molecule has 1 fully saturated rings. The van der Waals surface area contributed by atoms with Crippen molar-refractivity contribution in [3.8, 4) is 0 Å². The molecule has 1 atom stereocenters. The molecule has 1 saturated heterocycles. The second-order valence-corrected chi connectivity index (χ2v) is 9.16. The van der Waals surface area contributed by atoms with E-state index in [1.54, 1.807) is 28.5 Å². The maximum absolute atomic E-state index is 12.7. The lowest BCUT2D eigenvalue weighted by Crippen LogP contribution is -2.45. The fourth-order valence-corrected chi connectivity index (χ4v) is 4.08. The first-order valence-corrected chi connectivity index (χ1v) is 10.6. The number of carbonyl (C=O) groups is 2. The lowest BCUT2D eigenvalue weighted by Gasteiger charge is -2.36. The lowest BCUT2D eigenvalue weighted by molar-refractivity contribution is -0.129. The van der Waals surface area contributed by atoms with Crippen molar-refractivity contribution in [2.75, 3.05) is 13.1 Å². The van der Waals surface area contributed by atoms with Gasteiger partial charge in [0.25, 0.3) is 5.91 Å². The molecule has 0 bridgehead atoms. The summed E-state index contributed by atoms with van der Waals surface area (Å²) in [5.41, 5.74) is 0.321. The number of aryl methyl sites for hydroxylation is 1. The Kier molecular flexibility index (Phi) is 6.17. The number of nitrogens with zero attached hydrogens (tertiary/aromatic N) is 3. The minimum absolute atomic E-state index is 0.0139. The first-order chi connectivity index (χ1) is 13.3. The van der Waals surface area contributed by atoms with Crippen LogP contribution in [0.2, 0.25) is 0 Å². The zero-order valence-electron chi connectivity index (χ0n) is 16.9. The van der Waals surface area contributed by atoms with E-state index in [2.05, 4.69) is 15.5 Å². The molecule has 1 N–H and O–H groups in total. The van der Waals surface area contributed by atoms with E-state index in [-0.39, 0.29) is 23.8 Å². The number of likely N-dealkylation sites (tertiary alicyclic amines) is 1. The van der Waals surface area contributed by atoms with Gasteiger partial charge in [-0.3, -0.25) is 9.59 Å². The van der Waals surface area contributed by atoms with Crippen LogP contribution in [0.5, 0.6) is 0 Å². The predicted octanol–water partition coefficient (Wildman–Crippen LogP) is 3.45. The van der Waals surface area contributed by atoms with Crippen molar-refractivity contribution in [3.63, 3.8) is 0 Å². The van der Waals surface area contributed by atoms with Gasteiger partial charge in [-0.1, -0.05) is 32.9 Å². The highest BCUT2D eigenvalue weighted by Gasteiger charge is 2.34. The van der Waals surface area contributed by atoms with Gasteiger partial charge >= 0.3 is 0 Å². The van der Waals surface area contributed by atoms with Crippen LogP contribution in [-0.2, 0) is 11.2 Å². The first kappa shape index (κ1) is 20.5. The van der Waals surface area contributed by atoms with Gasteiger partial charge in [-0.25, -0.2) is 4.98 Å². The van der Waals surface area contributed by atoms with Crippen molar-refractivity contribution in [3.05, 3.63) is 34.1 Å². The van der Waals surface area contributed by atoms with Crippen LogP contribution in [0, 0.1) is 11.3 Å². The fraction of sp³-hybridized carbons (Fsp3) is 0.600. The zero-order chi connectivity index (χ0) is 20.3. The SMILES string of the molecule is CCc1cc(C(=O)N2CCC([C@@H](NC(=O)C(C)(C)C)c3nccs3)CC2)on1.